The quantitative estimate of drug-likeness (QED) is 0.160. The number of thioether (sulfide) groups is 1. The summed E-state index contributed by atoms with van der Waals surface area (Å²) in [5.41, 5.74) is 3.52. The van der Waals surface area contributed by atoms with E-state index in [2.05, 4.69) is 0 Å². The molecule has 1 aliphatic rings. The zero-order valence-electron chi connectivity index (χ0n) is 19.4. The Bertz CT molecular complexity index is 1610. The predicted molar refractivity (Wildman–Crippen MR) is 152 cm³/mol. The second kappa shape index (κ2) is 10.2. The molecule has 3 heterocycles. The van der Waals surface area contributed by atoms with Crippen molar-refractivity contribution in [2.45, 2.75) is 30.3 Å². The van der Waals surface area contributed by atoms with Crippen molar-refractivity contribution in [3.63, 3.8) is 0 Å². The average molecular weight is 550 g/mol. The summed E-state index contributed by atoms with van der Waals surface area (Å²) >= 11 is 14.4. The van der Waals surface area contributed by atoms with Crippen molar-refractivity contribution in [3.8, 4) is 0 Å². The Kier molecular flexibility index (Phi) is 7.03. The van der Waals surface area contributed by atoms with E-state index >= 15 is 0 Å². The number of carbonyl (C=O) groups excluding carboxylic acids is 1. The molecule has 5 rings (SSSR count). The highest BCUT2D eigenvalue weighted by atomic mass is 35.5. The van der Waals surface area contributed by atoms with E-state index in [0.29, 0.717) is 30.5 Å². The SMILES string of the molecule is Cc1ccc(Sc2nc3c(C)cccn3c(=O)c2/C=C2/SC(=S)N(Cc3ccccc3Cl)C2=O)cc1. The molecule has 9 heteroatoms. The fourth-order valence-corrected chi connectivity index (χ4v) is 6.09. The van der Waals surface area contributed by atoms with Gasteiger partial charge in [-0.2, -0.15) is 0 Å². The average Bonchev–Trinajstić information content (AvgIpc) is 3.12. The largest absolute Gasteiger partial charge is 0.288 e. The van der Waals surface area contributed by atoms with E-state index in [1.54, 1.807) is 18.3 Å². The van der Waals surface area contributed by atoms with Crippen LogP contribution >= 0.6 is 47.3 Å². The van der Waals surface area contributed by atoms with E-state index < -0.39 is 0 Å². The highest BCUT2D eigenvalue weighted by Gasteiger charge is 2.33. The first-order chi connectivity index (χ1) is 17.3. The Hall–Kier alpha value is -2.91. The van der Waals surface area contributed by atoms with E-state index in [4.69, 9.17) is 28.8 Å². The van der Waals surface area contributed by atoms with Gasteiger partial charge in [0.1, 0.15) is 15.0 Å². The lowest BCUT2D eigenvalue weighted by molar-refractivity contribution is -0.122. The first-order valence-electron chi connectivity index (χ1n) is 11.1. The van der Waals surface area contributed by atoms with Crippen LogP contribution in [0.15, 0.2) is 86.5 Å². The van der Waals surface area contributed by atoms with E-state index in [9.17, 15) is 9.59 Å². The number of halogens is 1. The molecule has 2 aromatic heterocycles. The van der Waals surface area contributed by atoms with Crippen molar-refractivity contribution < 1.29 is 4.79 Å². The summed E-state index contributed by atoms with van der Waals surface area (Å²) in [6.45, 7) is 4.21. The summed E-state index contributed by atoms with van der Waals surface area (Å²) < 4.78 is 1.94. The third-order valence-electron chi connectivity index (χ3n) is 5.72. The van der Waals surface area contributed by atoms with Crippen molar-refractivity contribution >= 4 is 69.3 Å². The van der Waals surface area contributed by atoms with Crippen LogP contribution in [0.4, 0.5) is 0 Å². The van der Waals surface area contributed by atoms with Gasteiger partial charge in [0.2, 0.25) is 0 Å². The van der Waals surface area contributed by atoms with Crippen LogP contribution in [0.25, 0.3) is 11.7 Å². The van der Waals surface area contributed by atoms with Crippen LogP contribution < -0.4 is 5.56 Å². The molecule has 0 atom stereocenters. The maximum absolute atomic E-state index is 13.6. The number of carbonyl (C=O) groups is 1. The van der Waals surface area contributed by atoms with E-state index in [-0.39, 0.29) is 18.0 Å². The van der Waals surface area contributed by atoms with E-state index in [1.807, 2.05) is 68.4 Å². The number of thiocarbonyl (C=S) groups is 1. The molecule has 5 nitrogen and oxygen atoms in total. The predicted octanol–water partition coefficient (Wildman–Crippen LogP) is 6.52. The molecule has 180 valence electrons. The minimum absolute atomic E-state index is 0.241. The normalized spacial score (nSPS) is 14.9. The van der Waals surface area contributed by atoms with Crippen LogP contribution in [0.1, 0.15) is 22.3 Å². The molecule has 36 heavy (non-hydrogen) atoms. The van der Waals surface area contributed by atoms with Crippen LogP contribution in [-0.4, -0.2) is 24.5 Å². The number of aryl methyl sites for hydroxylation is 2. The van der Waals surface area contributed by atoms with Crippen LogP contribution in [0.2, 0.25) is 5.02 Å². The Labute approximate surface area is 227 Å². The standard InChI is InChI=1S/C27H20ClN3O2S3/c1-16-9-11-19(12-10-16)35-24-20(25(32)30-13-5-6-17(2)23(30)29-24)14-22-26(33)31(27(34)36-22)15-18-7-3-4-8-21(18)28/h3-14H,15H2,1-2H3/b22-14+. The number of fused-ring (bicyclic) bond motifs is 1. The maximum atomic E-state index is 13.6. The minimum Gasteiger partial charge on any atom is -0.288 e. The molecular formula is C27H20ClN3O2S3. The van der Waals surface area contributed by atoms with Crippen molar-refractivity contribution in [1.29, 1.82) is 0 Å². The number of rotatable bonds is 5. The second-order valence-electron chi connectivity index (χ2n) is 8.29. The zero-order valence-corrected chi connectivity index (χ0v) is 22.6. The Morgan fingerprint density at radius 2 is 1.81 bits per heavy atom. The third kappa shape index (κ3) is 4.86. The van der Waals surface area contributed by atoms with Crippen molar-refractivity contribution in [2.75, 3.05) is 0 Å². The van der Waals surface area contributed by atoms with Gasteiger partial charge in [-0.25, -0.2) is 4.98 Å². The molecule has 1 fully saturated rings. The Morgan fingerprint density at radius 1 is 1.06 bits per heavy atom. The van der Waals surface area contributed by atoms with Crippen LogP contribution in [-0.2, 0) is 11.3 Å². The van der Waals surface area contributed by atoms with Gasteiger partial charge in [0, 0.05) is 16.1 Å². The van der Waals surface area contributed by atoms with Gasteiger partial charge in [-0.05, 0) is 55.3 Å². The lowest BCUT2D eigenvalue weighted by Crippen LogP contribution is -2.27. The van der Waals surface area contributed by atoms with Crippen molar-refractivity contribution in [2.24, 2.45) is 0 Å². The summed E-state index contributed by atoms with van der Waals surface area (Å²) in [5.74, 6) is -0.259. The summed E-state index contributed by atoms with van der Waals surface area (Å²) in [5, 5.41) is 1.11. The molecule has 4 aromatic rings. The molecule has 1 saturated heterocycles. The summed E-state index contributed by atoms with van der Waals surface area (Å²) in [6, 6.07) is 19.1. The van der Waals surface area contributed by atoms with E-state index in [1.165, 1.54) is 32.8 Å². The molecule has 0 unspecified atom stereocenters. The first kappa shape index (κ1) is 24.8. The number of amides is 1. The number of pyridine rings is 1. The number of hydrogen-bond acceptors (Lipinski definition) is 6. The molecule has 1 aliphatic heterocycles. The summed E-state index contributed by atoms with van der Waals surface area (Å²) in [4.78, 5) is 34.6. The number of aromatic nitrogens is 2. The van der Waals surface area contributed by atoms with Gasteiger partial charge in [-0.3, -0.25) is 18.9 Å². The van der Waals surface area contributed by atoms with Gasteiger partial charge < -0.3 is 0 Å². The second-order valence-corrected chi connectivity index (χ2v) is 11.4. The van der Waals surface area contributed by atoms with Gasteiger partial charge in [0.05, 0.1) is 17.0 Å². The van der Waals surface area contributed by atoms with Crippen molar-refractivity contribution in [3.05, 3.63) is 109 Å². The lowest BCUT2D eigenvalue weighted by Gasteiger charge is -2.15. The molecule has 0 saturated carbocycles. The molecule has 0 bridgehead atoms. The summed E-state index contributed by atoms with van der Waals surface area (Å²) in [7, 11) is 0. The van der Waals surface area contributed by atoms with E-state index in [0.717, 1.165) is 21.6 Å². The molecule has 0 aliphatic carbocycles. The Morgan fingerprint density at radius 3 is 2.56 bits per heavy atom. The number of nitrogens with zero attached hydrogens (tertiary/aromatic N) is 3. The zero-order chi connectivity index (χ0) is 25.4. The van der Waals surface area contributed by atoms with Gasteiger partial charge in [-0.1, -0.05) is 89.3 Å². The topological polar surface area (TPSA) is 54.7 Å². The summed E-state index contributed by atoms with van der Waals surface area (Å²) in [6.07, 6.45) is 3.31. The monoisotopic (exact) mass is 549 g/mol. The molecule has 1 amide bonds. The Balaban J connectivity index is 1.58. The molecular weight excluding hydrogens is 530 g/mol. The highest BCUT2D eigenvalue weighted by Crippen LogP contribution is 2.36. The fourth-order valence-electron chi connectivity index (χ4n) is 3.78. The molecule has 0 radical (unpaired) electrons. The molecule has 2 aromatic carbocycles. The third-order valence-corrected chi connectivity index (χ3v) is 8.48. The van der Waals surface area contributed by atoms with Gasteiger partial charge in [-0.15, -0.1) is 0 Å². The van der Waals surface area contributed by atoms with Gasteiger partial charge in [0.25, 0.3) is 11.5 Å². The molecule has 0 N–H and O–H groups in total. The lowest BCUT2D eigenvalue weighted by atomic mass is 10.2. The van der Waals surface area contributed by atoms with Gasteiger partial charge >= 0.3 is 0 Å². The highest BCUT2D eigenvalue weighted by molar-refractivity contribution is 8.26. The fraction of sp³-hybridized carbons (Fsp3) is 0.111. The van der Waals surface area contributed by atoms with Crippen LogP contribution in [0, 0.1) is 13.8 Å². The molecule has 0 spiro atoms. The number of hydrogen-bond donors (Lipinski definition) is 0. The van der Waals surface area contributed by atoms with Crippen LogP contribution in [0.5, 0.6) is 0 Å². The van der Waals surface area contributed by atoms with Crippen LogP contribution in [0.3, 0.4) is 0 Å². The maximum Gasteiger partial charge on any atom is 0.266 e. The van der Waals surface area contributed by atoms with Gasteiger partial charge in [0.15, 0.2) is 0 Å². The smallest absolute Gasteiger partial charge is 0.266 e. The first-order valence-corrected chi connectivity index (χ1v) is 13.5. The van der Waals surface area contributed by atoms with Crippen molar-refractivity contribution in [1.82, 2.24) is 14.3 Å². The minimum atomic E-state index is -0.259. The number of benzene rings is 2.